The Labute approximate surface area is 511 Å². The van der Waals surface area contributed by atoms with Gasteiger partial charge >= 0.3 is 20.8 Å². The molecule has 46 heteroatoms. The zero-order valence-corrected chi connectivity index (χ0v) is 51.0. The van der Waals surface area contributed by atoms with Crippen LogP contribution >= 0.6 is 23.2 Å². The molecule has 0 radical (unpaired) electrons. The second kappa shape index (κ2) is 26.3. The molecule has 0 unspecified atom stereocenters. The van der Waals surface area contributed by atoms with Crippen molar-refractivity contribution in [2.24, 2.45) is 20.0 Å². The van der Waals surface area contributed by atoms with Gasteiger partial charge in [-0.15, -0.1) is 0 Å². The zero-order chi connectivity index (χ0) is 64.9. The largest absolute Gasteiger partial charge is 0.399 e. The highest BCUT2D eigenvalue weighted by Gasteiger charge is 2.22. The van der Waals surface area contributed by atoms with Crippen LogP contribution in [-0.4, -0.2) is 147 Å². The lowest BCUT2D eigenvalue weighted by Crippen LogP contribution is -2.30. The molecule has 0 bridgehead atoms. The smallest absolute Gasteiger partial charge is 0.397 e. The van der Waals surface area contributed by atoms with Crippen molar-refractivity contribution >= 4 is 152 Å². The minimum atomic E-state index is -5.20. The van der Waals surface area contributed by atoms with E-state index in [1.54, 1.807) is 0 Å². The summed E-state index contributed by atoms with van der Waals surface area (Å²) in [6, 6.07) is 20.8. The Morgan fingerprint density at radius 3 is 1.35 bits per heavy atom. The number of hydrogen-bond donors (Lipinski definition) is 12. The van der Waals surface area contributed by atoms with Gasteiger partial charge in [0.25, 0.3) is 30.3 Å². The molecule has 37 nitrogen and oxygen atoms in total. The number of halogens is 2. The Kier molecular flexibility index (Phi) is 19.6. The lowest BCUT2D eigenvalue weighted by atomic mass is 10.3. The number of nitrogens with zero attached hydrogens (tertiary/aromatic N) is 9. The molecule has 0 aliphatic rings. The number of hydrogen-bond acceptors (Lipinski definition) is 28. The minimum Gasteiger partial charge on any atom is -0.399 e. The Morgan fingerprint density at radius 1 is 0.483 bits per heavy atom. The van der Waals surface area contributed by atoms with Crippen molar-refractivity contribution in [1.82, 2.24) is 44.9 Å². The van der Waals surface area contributed by atoms with E-state index >= 15 is 0 Å². The van der Waals surface area contributed by atoms with Crippen molar-refractivity contribution in [3.05, 3.63) is 142 Å². The number of rotatable bonds is 23. The van der Waals surface area contributed by atoms with Crippen LogP contribution in [-0.2, 0) is 79.1 Å². The maximum atomic E-state index is 13.6. The van der Waals surface area contributed by atoms with Crippen LogP contribution in [0.5, 0.6) is 0 Å². The molecule has 0 atom stereocenters. The Morgan fingerprint density at radius 2 is 0.921 bits per heavy atom. The molecule has 0 saturated heterocycles. The average Bonchev–Trinajstić information content (AvgIpc) is 1.16. The fourth-order valence-electron chi connectivity index (χ4n) is 7.09. The molecular weight excluding hydrogens is 1370 g/mol. The van der Waals surface area contributed by atoms with Crippen LogP contribution in [0.1, 0.15) is 0 Å². The van der Waals surface area contributed by atoms with Crippen molar-refractivity contribution < 1.29 is 85.5 Å². The molecule has 3 aromatic heterocycles. The van der Waals surface area contributed by atoms with Gasteiger partial charge in [-0.05, 0) is 126 Å². The molecule has 5 aromatic carbocycles. The summed E-state index contributed by atoms with van der Waals surface area (Å²) >= 11 is 12.4. The zero-order valence-electron chi connectivity index (χ0n) is 43.8. The number of aromatic amines is 4. The number of anilines is 6. The van der Waals surface area contributed by atoms with Crippen LogP contribution in [0.15, 0.2) is 154 Å². The molecule has 8 aromatic rings. The predicted molar refractivity (Wildman–Crippen MR) is 309 cm³/mol. The number of aromatic nitrogens is 9. The maximum absolute atomic E-state index is 13.6. The standard InChI is InChI=1S/C43H39Cl2N17O20S7/c44-35-53-37(47-24-4-10-28(11-5-24)83(63,64)18-16-81-88(75,76)77)57-41(55-35)51-31-14-8-26(21-33(31)86(69,70)71)49-39-59-40(61-43(60-39)62-85(67,68)30-3-1-2-23(46)20-30)50-27-9-15-32(34(22-27)87(72,73)74)52-42-56-36(45)54-38(58-42)48-25-6-12-29(13-7-25)84(65,66)19-17-82-89(78,79)80/h1-15,20-22H,16-19,46H2,(H,69,70,71)(H,72,73,74)(H,75,76,77)(H,78,79,80)(H2,47,51,53,55,57)(H2,48,52,54,56,58)(H3,49,50,59,60,61,62). The topological polar surface area (TPSA) is 578 Å². The normalized spacial score (nSPS) is 13.6. The van der Waals surface area contributed by atoms with Gasteiger partial charge in [0.15, 0.2) is 19.7 Å². The number of sulfonamides is 1. The summed E-state index contributed by atoms with van der Waals surface area (Å²) in [5.41, 5.74) is 2.87. The highest BCUT2D eigenvalue weighted by atomic mass is 35.5. The lowest BCUT2D eigenvalue weighted by Gasteiger charge is -2.09. The van der Waals surface area contributed by atoms with E-state index in [1.807, 2.05) is 0 Å². The summed E-state index contributed by atoms with van der Waals surface area (Å²) in [7, 11) is -32.9. The summed E-state index contributed by atoms with van der Waals surface area (Å²) in [5.74, 6) is -2.78. The molecule has 0 fully saturated rings. The molecule has 0 aliphatic carbocycles. The Balaban J connectivity index is 1.13. The predicted octanol–water partition coefficient (Wildman–Crippen LogP) is 1.76. The Hall–Kier alpha value is -8.48. The lowest BCUT2D eigenvalue weighted by molar-refractivity contribution is 0.282. The summed E-state index contributed by atoms with van der Waals surface area (Å²) in [4.78, 5) is 44.7. The number of benzene rings is 5. The first-order valence-corrected chi connectivity index (χ1v) is 34.8. The van der Waals surface area contributed by atoms with E-state index in [4.69, 9.17) is 38.0 Å². The highest BCUT2D eigenvalue weighted by molar-refractivity contribution is 7.93. The monoisotopic (exact) mass is 1410 g/mol. The summed E-state index contributed by atoms with van der Waals surface area (Å²) in [6.07, 6.45) is 0. The van der Waals surface area contributed by atoms with Gasteiger partial charge in [-0.3, -0.25) is 38.1 Å². The van der Waals surface area contributed by atoms with Gasteiger partial charge in [-0.1, -0.05) is 6.07 Å². The molecule has 0 amide bonds. The first-order chi connectivity index (χ1) is 41.4. The van der Waals surface area contributed by atoms with Crippen molar-refractivity contribution in [1.29, 1.82) is 0 Å². The molecule has 13 N–H and O–H groups in total. The summed E-state index contributed by atoms with van der Waals surface area (Å²) in [6.45, 7) is -1.74. The summed E-state index contributed by atoms with van der Waals surface area (Å²) in [5, 5.41) is 4.74. The highest BCUT2D eigenvalue weighted by Crippen LogP contribution is 2.30. The van der Waals surface area contributed by atoms with E-state index in [0.717, 1.165) is 60.7 Å². The van der Waals surface area contributed by atoms with Gasteiger partial charge in [-0.25, -0.2) is 58.3 Å². The van der Waals surface area contributed by atoms with E-state index in [0.29, 0.717) is 0 Å². The van der Waals surface area contributed by atoms with Crippen molar-refractivity contribution in [3.8, 4) is 0 Å². The SMILES string of the molecule is Nc1cccc(S(=O)(=O)Nc2nc(=Nc3ccc(N=c4nc(Nc5ccc(S(=O)(=O)CCOS(=O)(=O)O)cc5)nc(Cl)[nH]4)c(S(=O)(=O)O)c3)[nH]c(=Nc3ccc(N=c4nc(Nc5ccc(S(=O)(=O)CCOS(=O)(=O)O)cc5)nc(Cl)[nH]4)c(S(=O)(=O)O)c3)[nH]2)c1. The van der Waals surface area contributed by atoms with E-state index in [-0.39, 0.29) is 65.6 Å². The second-order valence-electron chi connectivity index (χ2n) is 17.3. The first-order valence-electron chi connectivity index (χ1n) is 23.7. The molecule has 3 heterocycles. The third kappa shape index (κ3) is 19.0. The molecule has 8 rings (SSSR count). The first kappa shape index (κ1) is 66.5. The van der Waals surface area contributed by atoms with Gasteiger partial charge in [0.1, 0.15) is 9.79 Å². The Bertz CT molecular complexity index is 4950. The van der Waals surface area contributed by atoms with Crippen LogP contribution < -0.4 is 43.6 Å². The van der Waals surface area contributed by atoms with Gasteiger partial charge in [0, 0.05) is 17.1 Å². The van der Waals surface area contributed by atoms with E-state index in [2.05, 4.69) is 88.5 Å². The molecule has 0 saturated carbocycles. The van der Waals surface area contributed by atoms with Crippen molar-refractivity contribution in [3.63, 3.8) is 0 Å². The summed E-state index contributed by atoms with van der Waals surface area (Å²) < 4.78 is 221. The van der Waals surface area contributed by atoms with Gasteiger partial charge in [-0.2, -0.15) is 58.6 Å². The molecular formula is C43H39Cl2N17O20S7. The number of H-pyrrole nitrogens is 4. The van der Waals surface area contributed by atoms with Crippen LogP contribution in [0.4, 0.5) is 57.7 Å². The van der Waals surface area contributed by atoms with Crippen LogP contribution in [0.25, 0.3) is 0 Å². The number of nitrogens with one attached hydrogen (secondary N) is 7. The van der Waals surface area contributed by atoms with Crippen molar-refractivity contribution in [2.75, 3.05) is 45.8 Å². The van der Waals surface area contributed by atoms with Gasteiger partial charge in [0.2, 0.25) is 50.9 Å². The maximum Gasteiger partial charge on any atom is 0.397 e. The number of nitrogens with two attached hydrogens (primary N) is 1. The van der Waals surface area contributed by atoms with Gasteiger partial charge in [0.05, 0.1) is 62.2 Å². The molecule has 89 heavy (non-hydrogen) atoms. The second-order valence-corrected chi connectivity index (χ2v) is 28.9. The molecule has 472 valence electrons. The van der Waals surface area contributed by atoms with Crippen LogP contribution in [0.2, 0.25) is 10.6 Å². The van der Waals surface area contributed by atoms with E-state index < -0.39 is 145 Å². The average molecular weight is 1410 g/mol. The third-order valence-electron chi connectivity index (χ3n) is 10.8. The fourth-order valence-corrected chi connectivity index (χ4v) is 12.7. The number of sulfone groups is 2. The van der Waals surface area contributed by atoms with Crippen LogP contribution in [0, 0.1) is 0 Å². The number of nitrogen functional groups attached to an aromatic ring is 1. The van der Waals surface area contributed by atoms with Crippen molar-refractivity contribution in [2.45, 2.75) is 24.5 Å². The fraction of sp³-hybridized carbons (Fsp3) is 0.0930. The quantitative estimate of drug-likeness (QED) is 0.0321. The molecule has 0 aliphatic heterocycles. The van der Waals surface area contributed by atoms with E-state index in [9.17, 15) is 68.0 Å². The third-order valence-corrected chi connectivity index (χ3v) is 18.6. The van der Waals surface area contributed by atoms with E-state index in [1.165, 1.54) is 48.5 Å². The minimum absolute atomic E-state index is 0.0583. The van der Waals surface area contributed by atoms with Gasteiger partial charge < -0.3 is 16.4 Å². The molecule has 0 spiro atoms. The van der Waals surface area contributed by atoms with Crippen LogP contribution in [0.3, 0.4) is 0 Å².